The molecule has 0 atom stereocenters. The van der Waals surface area contributed by atoms with Crippen molar-refractivity contribution in [2.75, 3.05) is 5.32 Å². The third-order valence-electron chi connectivity index (χ3n) is 3.45. The second-order valence-electron chi connectivity index (χ2n) is 6.02. The monoisotopic (exact) mass is 374 g/mol. The third-order valence-corrected chi connectivity index (χ3v) is 3.98. The van der Waals surface area contributed by atoms with Gasteiger partial charge in [-0.2, -0.15) is 0 Å². The minimum absolute atomic E-state index is 0.190. The van der Waals surface area contributed by atoms with Gasteiger partial charge in [0.1, 0.15) is 5.82 Å². The van der Waals surface area contributed by atoms with Gasteiger partial charge in [0.15, 0.2) is 17.0 Å². The van der Waals surface area contributed by atoms with Crippen LogP contribution in [0.3, 0.4) is 0 Å². The van der Waals surface area contributed by atoms with Gasteiger partial charge >= 0.3 is 0 Å². The molecule has 0 amide bonds. The van der Waals surface area contributed by atoms with Crippen molar-refractivity contribution in [1.82, 2.24) is 25.0 Å². The lowest BCUT2D eigenvalue weighted by atomic mass is 10.2. The fourth-order valence-corrected chi connectivity index (χ4v) is 2.47. The molecule has 0 unspecified atom stereocenters. The van der Waals surface area contributed by atoms with Gasteiger partial charge in [0.05, 0.1) is 6.04 Å². The van der Waals surface area contributed by atoms with Crippen molar-refractivity contribution >= 4 is 38.6 Å². The number of aromatic nitrogens is 5. The van der Waals surface area contributed by atoms with E-state index in [1.165, 1.54) is 0 Å². The molecular formula is C16H19BrN6. The van der Waals surface area contributed by atoms with Gasteiger partial charge in [0, 0.05) is 16.1 Å². The largest absolute Gasteiger partial charge is 0.338 e. The minimum atomic E-state index is 0.190. The summed E-state index contributed by atoms with van der Waals surface area (Å²) in [6.07, 6.45) is 0. The smallest absolute Gasteiger partial charge is 0.184 e. The molecule has 0 bridgehead atoms. The van der Waals surface area contributed by atoms with Gasteiger partial charge in [-0.25, -0.2) is 14.6 Å². The van der Waals surface area contributed by atoms with E-state index in [0.29, 0.717) is 11.3 Å². The summed E-state index contributed by atoms with van der Waals surface area (Å²) in [5.74, 6) is 1.69. The SMILES string of the molecule is CC(C)c1nc(Nc2ccc(Br)cc2)c2nnn(C(C)C)c2n1. The van der Waals surface area contributed by atoms with Crippen LogP contribution in [-0.4, -0.2) is 25.0 Å². The minimum Gasteiger partial charge on any atom is -0.338 e. The number of nitrogens with zero attached hydrogens (tertiary/aromatic N) is 5. The molecule has 3 rings (SSSR count). The van der Waals surface area contributed by atoms with E-state index in [2.05, 4.69) is 69.2 Å². The van der Waals surface area contributed by atoms with Gasteiger partial charge in [-0.15, -0.1) is 5.10 Å². The Morgan fingerprint density at radius 3 is 2.35 bits per heavy atom. The molecule has 1 aromatic carbocycles. The number of anilines is 2. The van der Waals surface area contributed by atoms with E-state index in [1.54, 1.807) is 0 Å². The summed E-state index contributed by atoms with van der Waals surface area (Å²) in [6.45, 7) is 8.28. The van der Waals surface area contributed by atoms with E-state index < -0.39 is 0 Å². The highest BCUT2D eigenvalue weighted by molar-refractivity contribution is 9.10. The molecule has 2 heterocycles. The van der Waals surface area contributed by atoms with Crippen molar-refractivity contribution in [3.8, 4) is 0 Å². The lowest BCUT2D eigenvalue weighted by Gasteiger charge is -2.11. The molecular weight excluding hydrogens is 356 g/mol. The van der Waals surface area contributed by atoms with Gasteiger partial charge in [-0.05, 0) is 38.1 Å². The number of fused-ring (bicyclic) bond motifs is 1. The Kier molecular flexibility index (Phi) is 4.30. The summed E-state index contributed by atoms with van der Waals surface area (Å²) in [5.41, 5.74) is 2.39. The van der Waals surface area contributed by atoms with Gasteiger partial charge in [0.2, 0.25) is 0 Å². The molecule has 0 aliphatic rings. The predicted octanol–water partition coefficient (Wildman–Crippen LogP) is 4.43. The van der Waals surface area contributed by atoms with Crippen LogP contribution in [0.5, 0.6) is 0 Å². The van der Waals surface area contributed by atoms with Crippen molar-refractivity contribution in [1.29, 1.82) is 0 Å². The highest BCUT2D eigenvalue weighted by Crippen LogP contribution is 2.26. The summed E-state index contributed by atoms with van der Waals surface area (Å²) in [5, 5.41) is 11.8. The number of halogens is 1. The molecule has 0 saturated carbocycles. The van der Waals surface area contributed by atoms with Crippen LogP contribution in [0.25, 0.3) is 11.2 Å². The van der Waals surface area contributed by atoms with E-state index in [1.807, 2.05) is 28.9 Å². The highest BCUT2D eigenvalue weighted by Gasteiger charge is 2.17. The number of benzene rings is 1. The first-order valence-corrected chi connectivity index (χ1v) is 8.40. The number of hydrogen-bond acceptors (Lipinski definition) is 5. The molecule has 0 fully saturated rings. The maximum Gasteiger partial charge on any atom is 0.184 e. The Hall–Kier alpha value is -2.02. The Morgan fingerprint density at radius 2 is 1.74 bits per heavy atom. The van der Waals surface area contributed by atoms with E-state index in [-0.39, 0.29) is 12.0 Å². The van der Waals surface area contributed by atoms with Gasteiger partial charge < -0.3 is 5.32 Å². The van der Waals surface area contributed by atoms with Crippen LogP contribution in [0.4, 0.5) is 11.5 Å². The van der Waals surface area contributed by atoms with Crippen LogP contribution in [0.1, 0.15) is 45.5 Å². The van der Waals surface area contributed by atoms with Gasteiger partial charge in [-0.3, -0.25) is 0 Å². The average molecular weight is 375 g/mol. The molecule has 0 spiro atoms. The Labute approximate surface area is 143 Å². The third kappa shape index (κ3) is 3.19. The van der Waals surface area contributed by atoms with Crippen LogP contribution in [0.2, 0.25) is 0 Å². The first-order valence-electron chi connectivity index (χ1n) is 7.61. The van der Waals surface area contributed by atoms with Crippen molar-refractivity contribution in [2.24, 2.45) is 0 Å². The van der Waals surface area contributed by atoms with E-state index >= 15 is 0 Å². The normalized spacial score (nSPS) is 11.6. The fourth-order valence-electron chi connectivity index (χ4n) is 2.21. The highest BCUT2D eigenvalue weighted by atomic mass is 79.9. The van der Waals surface area contributed by atoms with Crippen LogP contribution in [0.15, 0.2) is 28.7 Å². The van der Waals surface area contributed by atoms with Crippen molar-refractivity contribution in [2.45, 2.75) is 39.7 Å². The van der Waals surface area contributed by atoms with E-state index in [0.717, 1.165) is 21.6 Å². The lowest BCUT2D eigenvalue weighted by Crippen LogP contribution is -2.07. The lowest BCUT2D eigenvalue weighted by molar-refractivity contribution is 0.525. The fraction of sp³-hybridized carbons (Fsp3) is 0.375. The van der Waals surface area contributed by atoms with Crippen LogP contribution >= 0.6 is 15.9 Å². The first kappa shape index (κ1) is 15.9. The predicted molar refractivity (Wildman–Crippen MR) is 95.0 cm³/mol. The summed E-state index contributed by atoms with van der Waals surface area (Å²) in [6, 6.07) is 8.12. The first-order chi connectivity index (χ1) is 11.0. The molecule has 7 heteroatoms. The second kappa shape index (κ2) is 6.23. The maximum atomic E-state index is 4.65. The topological polar surface area (TPSA) is 68.5 Å². The van der Waals surface area contributed by atoms with Crippen LogP contribution in [-0.2, 0) is 0 Å². The molecule has 3 aromatic rings. The molecule has 0 radical (unpaired) electrons. The zero-order valence-corrected chi connectivity index (χ0v) is 15.2. The quantitative estimate of drug-likeness (QED) is 0.731. The summed E-state index contributed by atoms with van der Waals surface area (Å²) < 4.78 is 2.86. The number of rotatable bonds is 4. The summed E-state index contributed by atoms with van der Waals surface area (Å²) in [7, 11) is 0. The van der Waals surface area contributed by atoms with E-state index in [9.17, 15) is 0 Å². The van der Waals surface area contributed by atoms with Gasteiger partial charge in [0.25, 0.3) is 0 Å². The molecule has 23 heavy (non-hydrogen) atoms. The van der Waals surface area contributed by atoms with E-state index in [4.69, 9.17) is 0 Å². The molecule has 0 saturated heterocycles. The summed E-state index contributed by atoms with van der Waals surface area (Å²) in [4.78, 5) is 9.29. The number of nitrogens with one attached hydrogen (secondary N) is 1. The molecule has 6 nitrogen and oxygen atoms in total. The van der Waals surface area contributed by atoms with Gasteiger partial charge in [-0.1, -0.05) is 35.0 Å². The zero-order chi connectivity index (χ0) is 16.6. The zero-order valence-electron chi connectivity index (χ0n) is 13.6. The summed E-state index contributed by atoms with van der Waals surface area (Å²) >= 11 is 3.44. The van der Waals surface area contributed by atoms with Crippen LogP contribution in [0, 0.1) is 0 Å². The molecule has 2 aromatic heterocycles. The molecule has 1 N–H and O–H groups in total. The Morgan fingerprint density at radius 1 is 1.04 bits per heavy atom. The maximum absolute atomic E-state index is 4.65. The Bertz CT molecular complexity index is 822. The molecule has 120 valence electrons. The molecule has 0 aliphatic heterocycles. The van der Waals surface area contributed by atoms with Crippen molar-refractivity contribution < 1.29 is 0 Å². The number of hydrogen-bond donors (Lipinski definition) is 1. The Balaban J connectivity index is 2.12. The van der Waals surface area contributed by atoms with Crippen molar-refractivity contribution in [3.63, 3.8) is 0 Å². The standard InChI is InChI=1S/C16H19BrN6/c1-9(2)14-19-15(18-12-7-5-11(17)6-8-12)13-16(20-14)23(10(3)4)22-21-13/h5-10H,1-4H3,(H,18,19,20). The second-order valence-corrected chi connectivity index (χ2v) is 6.93. The average Bonchev–Trinajstić information content (AvgIpc) is 2.93. The van der Waals surface area contributed by atoms with Crippen molar-refractivity contribution in [3.05, 3.63) is 34.6 Å². The van der Waals surface area contributed by atoms with Crippen LogP contribution < -0.4 is 5.32 Å². The molecule has 0 aliphatic carbocycles.